The fraction of sp³-hybridized carbons (Fsp3) is 0.133. The van der Waals surface area contributed by atoms with Gasteiger partial charge in [0.1, 0.15) is 16.5 Å². The lowest BCUT2D eigenvalue weighted by Gasteiger charge is -2.10. The number of halogens is 1. The third-order valence-electron chi connectivity index (χ3n) is 2.90. The molecule has 20 heavy (non-hydrogen) atoms. The van der Waals surface area contributed by atoms with Crippen LogP contribution in [-0.2, 0) is 17.1 Å². The summed E-state index contributed by atoms with van der Waals surface area (Å²) in [5.74, 6) is -0.154. The molecule has 1 N–H and O–H groups in total. The van der Waals surface area contributed by atoms with Crippen LogP contribution < -0.4 is 5.32 Å². The molecule has 3 nitrogen and oxygen atoms in total. The van der Waals surface area contributed by atoms with Gasteiger partial charge in [0.2, 0.25) is 0 Å². The minimum Gasteiger partial charge on any atom is -0.356 e. The summed E-state index contributed by atoms with van der Waals surface area (Å²) in [6.45, 7) is 3.92. The second-order valence-corrected chi connectivity index (χ2v) is 5.53. The highest BCUT2D eigenvalue weighted by atomic mass is 32.2. The summed E-state index contributed by atoms with van der Waals surface area (Å²) in [4.78, 5) is 0. The molecule has 0 saturated carbocycles. The van der Waals surface area contributed by atoms with E-state index < -0.39 is 10.7 Å². The summed E-state index contributed by atoms with van der Waals surface area (Å²) in [5.41, 5.74) is 3.31. The highest BCUT2D eigenvalue weighted by Crippen LogP contribution is 2.20. The number of benzene rings is 2. The Morgan fingerprint density at radius 3 is 2.30 bits per heavy atom. The van der Waals surface area contributed by atoms with E-state index in [0.717, 1.165) is 22.5 Å². The van der Waals surface area contributed by atoms with E-state index in [9.17, 15) is 12.8 Å². The Kier molecular flexibility index (Phi) is 4.74. The minimum absolute atomic E-state index is 0.128. The van der Waals surface area contributed by atoms with Crippen molar-refractivity contribution in [1.29, 1.82) is 0 Å². The van der Waals surface area contributed by atoms with Gasteiger partial charge in [-0.05, 0) is 60.9 Å². The molecule has 2 aromatic carbocycles. The highest BCUT2D eigenvalue weighted by Gasteiger charge is 2.02. The molecule has 0 amide bonds. The van der Waals surface area contributed by atoms with Gasteiger partial charge in [-0.3, -0.25) is 0 Å². The first-order valence-electron chi connectivity index (χ1n) is 6.14. The standard InChI is InChI=1S/C15H15FNO2S/c1-11-10-15(5-2-12(11)8-9-20(18)19)17-14-6-3-13(16)4-7-14/h2-7,10,17,20H,1,8-9H2. The summed E-state index contributed by atoms with van der Waals surface area (Å²) in [7, 11) is -2.37. The lowest BCUT2D eigenvalue weighted by Crippen LogP contribution is -1.98. The van der Waals surface area contributed by atoms with E-state index in [4.69, 9.17) is 0 Å². The number of thiol groups is 1. The Morgan fingerprint density at radius 1 is 1.05 bits per heavy atom. The Bertz CT molecular complexity index is 658. The van der Waals surface area contributed by atoms with Gasteiger partial charge in [0.05, 0.1) is 5.75 Å². The third kappa shape index (κ3) is 4.06. The van der Waals surface area contributed by atoms with Crippen molar-refractivity contribution in [2.75, 3.05) is 11.1 Å². The van der Waals surface area contributed by atoms with Crippen molar-refractivity contribution in [2.45, 2.75) is 6.42 Å². The quantitative estimate of drug-likeness (QED) is 0.833. The molecule has 0 saturated heterocycles. The second kappa shape index (κ2) is 6.52. The molecule has 0 spiro atoms. The predicted octanol–water partition coefficient (Wildman–Crippen LogP) is 2.91. The van der Waals surface area contributed by atoms with Crippen LogP contribution in [0.15, 0.2) is 42.5 Å². The highest BCUT2D eigenvalue weighted by molar-refractivity contribution is 7.72. The van der Waals surface area contributed by atoms with Crippen LogP contribution >= 0.6 is 0 Å². The van der Waals surface area contributed by atoms with Gasteiger partial charge < -0.3 is 5.32 Å². The lowest BCUT2D eigenvalue weighted by atomic mass is 10.1. The summed E-state index contributed by atoms with van der Waals surface area (Å²) in [6, 6.07) is 11.6. The minimum atomic E-state index is -2.37. The topological polar surface area (TPSA) is 46.2 Å². The van der Waals surface area contributed by atoms with Crippen LogP contribution in [0.4, 0.5) is 15.8 Å². The normalized spacial score (nSPS) is 10.8. The molecule has 0 heterocycles. The molecule has 0 aliphatic carbocycles. The number of aryl methyl sites for hydroxylation is 1. The van der Waals surface area contributed by atoms with Crippen LogP contribution in [0, 0.1) is 12.7 Å². The molecule has 105 valence electrons. The van der Waals surface area contributed by atoms with Crippen molar-refractivity contribution in [1.82, 2.24) is 0 Å². The van der Waals surface area contributed by atoms with Crippen molar-refractivity contribution in [3.63, 3.8) is 0 Å². The summed E-state index contributed by atoms with van der Waals surface area (Å²) in [5, 5.41) is 3.14. The van der Waals surface area contributed by atoms with Crippen molar-refractivity contribution >= 4 is 22.1 Å². The lowest BCUT2D eigenvalue weighted by molar-refractivity contribution is 0.614. The van der Waals surface area contributed by atoms with Crippen LogP contribution in [0.3, 0.4) is 0 Å². The van der Waals surface area contributed by atoms with E-state index in [-0.39, 0.29) is 11.6 Å². The molecular formula is C15H15FNO2S. The van der Waals surface area contributed by atoms with E-state index in [1.54, 1.807) is 12.1 Å². The molecule has 2 rings (SSSR count). The zero-order valence-electron chi connectivity index (χ0n) is 10.8. The van der Waals surface area contributed by atoms with Gasteiger partial charge in [-0.2, -0.15) is 0 Å². The molecule has 0 aromatic heterocycles. The first kappa shape index (κ1) is 14.5. The fourth-order valence-corrected chi connectivity index (χ4v) is 2.28. The molecule has 2 aromatic rings. The molecule has 0 aliphatic heterocycles. The second-order valence-electron chi connectivity index (χ2n) is 4.42. The smallest absolute Gasteiger partial charge is 0.140 e. The van der Waals surface area contributed by atoms with Crippen LogP contribution in [0.25, 0.3) is 0 Å². The fourth-order valence-electron chi connectivity index (χ4n) is 1.86. The largest absolute Gasteiger partial charge is 0.356 e. The monoisotopic (exact) mass is 292 g/mol. The maximum atomic E-state index is 12.8. The Labute approximate surface area is 119 Å². The summed E-state index contributed by atoms with van der Waals surface area (Å²) >= 11 is 0. The van der Waals surface area contributed by atoms with Gasteiger partial charge in [0.25, 0.3) is 0 Å². The van der Waals surface area contributed by atoms with E-state index >= 15 is 0 Å². The number of hydrogen-bond acceptors (Lipinski definition) is 3. The number of rotatable bonds is 5. The van der Waals surface area contributed by atoms with Crippen molar-refractivity contribution in [3.05, 3.63) is 66.3 Å². The molecule has 0 unspecified atom stereocenters. The summed E-state index contributed by atoms with van der Waals surface area (Å²) in [6.07, 6.45) is 0.467. The first-order chi connectivity index (χ1) is 9.54. The SMILES string of the molecule is [CH2]c1cc(Nc2ccc(F)cc2)ccc1CC[SH](=O)=O. The molecule has 5 heteroatoms. The van der Waals surface area contributed by atoms with Crippen LogP contribution in [0.5, 0.6) is 0 Å². The van der Waals surface area contributed by atoms with Gasteiger partial charge >= 0.3 is 0 Å². The Balaban J connectivity index is 2.10. The zero-order chi connectivity index (χ0) is 14.5. The third-order valence-corrected chi connectivity index (χ3v) is 3.49. The van der Waals surface area contributed by atoms with Gasteiger partial charge in [0, 0.05) is 11.4 Å². The van der Waals surface area contributed by atoms with Gasteiger partial charge in [-0.1, -0.05) is 6.07 Å². The van der Waals surface area contributed by atoms with Crippen LogP contribution in [-0.4, -0.2) is 14.2 Å². The first-order valence-corrected chi connectivity index (χ1v) is 7.50. The van der Waals surface area contributed by atoms with Crippen molar-refractivity contribution < 1.29 is 12.8 Å². The van der Waals surface area contributed by atoms with Crippen molar-refractivity contribution in [2.24, 2.45) is 0 Å². The Hall–Kier alpha value is -1.88. The molecule has 0 atom stereocenters. The van der Waals surface area contributed by atoms with E-state index in [1.165, 1.54) is 12.1 Å². The Morgan fingerprint density at radius 2 is 1.70 bits per heavy atom. The maximum Gasteiger partial charge on any atom is 0.140 e. The van der Waals surface area contributed by atoms with E-state index in [2.05, 4.69) is 12.2 Å². The van der Waals surface area contributed by atoms with E-state index in [1.807, 2.05) is 18.2 Å². The average molecular weight is 292 g/mol. The van der Waals surface area contributed by atoms with Crippen LogP contribution in [0.2, 0.25) is 0 Å². The number of anilines is 2. The number of hydrogen-bond donors (Lipinski definition) is 2. The molecule has 0 bridgehead atoms. The van der Waals surface area contributed by atoms with Crippen LogP contribution in [0.1, 0.15) is 11.1 Å². The predicted molar refractivity (Wildman–Crippen MR) is 79.5 cm³/mol. The number of nitrogens with one attached hydrogen (secondary N) is 1. The summed E-state index contributed by atoms with van der Waals surface area (Å²) < 4.78 is 34.0. The molecule has 0 aliphatic rings. The van der Waals surface area contributed by atoms with Gasteiger partial charge in [0.15, 0.2) is 0 Å². The van der Waals surface area contributed by atoms with Gasteiger partial charge in [-0.15, -0.1) is 0 Å². The van der Waals surface area contributed by atoms with Gasteiger partial charge in [-0.25, -0.2) is 12.8 Å². The van der Waals surface area contributed by atoms with Crippen molar-refractivity contribution in [3.8, 4) is 0 Å². The zero-order valence-corrected chi connectivity index (χ0v) is 11.7. The maximum absolute atomic E-state index is 12.8. The molecule has 1 radical (unpaired) electrons. The molecule has 0 fully saturated rings. The average Bonchev–Trinajstić information content (AvgIpc) is 2.40. The van der Waals surface area contributed by atoms with E-state index in [0.29, 0.717) is 6.42 Å². The molecular weight excluding hydrogens is 277 g/mol.